The van der Waals surface area contributed by atoms with E-state index in [1.807, 2.05) is 60.0 Å². The van der Waals surface area contributed by atoms with Crippen LogP contribution in [-0.2, 0) is 17.9 Å². The monoisotopic (exact) mass is 394 g/mol. The Morgan fingerprint density at radius 2 is 1.68 bits per heavy atom. The van der Waals surface area contributed by atoms with Gasteiger partial charge < -0.3 is 15.4 Å². The second-order valence-electron chi connectivity index (χ2n) is 6.31. The Morgan fingerprint density at radius 3 is 2.36 bits per heavy atom. The van der Waals surface area contributed by atoms with Crippen LogP contribution >= 0.6 is 11.3 Å². The van der Waals surface area contributed by atoms with E-state index in [0.717, 1.165) is 16.9 Å². The summed E-state index contributed by atoms with van der Waals surface area (Å²) in [6, 6.07) is 20.5. The number of para-hydroxylation sites is 1. The molecule has 3 rings (SSSR count). The van der Waals surface area contributed by atoms with Crippen LogP contribution < -0.4 is 15.4 Å². The number of hydrogen-bond donors (Lipinski definition) is 2. The zero-order chi connectivity index (χ0) is 19.8. The maximum atomic E-state index is 12.2. The van der Waals surface area contributed by atoms with Gasteiger partial charge in [-0.3, -0.25) is 9.59 Å². The van der Waals surface area contributed by atoms with Crippen molar-refractivity contribution in [1.82, 2.24) is 10.6 Å². The first-order chi connectivity index (χ1) is 13.6. The lowest BCUT2D eigenvalue weighted by atomic mass is 10.1. The van der Waals surface area contributed by atoms with Crippen molar-refractivity contribution in [3.8, 4) is 5.75 Å². The number of carbonyl (C=O) groups is 2. The maximum absolute atomic E-state index is 12.2. The highest BCUT2D eigenvalue weighted by Gasteiger charge is 2.16. The van der Waals surface area contributed by atoms with E-state index in [0.29, 0.717) is 18.0 Å². The third-order valence-electron chi connectivity index (χ3n) is 4.12. The topological polar surface area (TPSA) is 67.4 Å². The summed E-state index contributed by atoms with van der Waals surface area (Å²) >= 11 is 1.34. The van der Waals surface area contributed by atoms with Crippen molar-refractivity contribution in [3.05, 3.63) is 88.1 Å². The molecule has 2 aromatic carbocycles. The van der Waals surface area contributed by atoms with Crippen LogP contribution in [-0.4, -0.2) is 17.9 Å². The molecule has 0 unspecified atom stereocenters. The number of carbonyl (C=O) groups excluding carboxylic acids is 2. The van der Waals surface area contributed by atoms with Crippen molar-refractivity contribution in [2.75, 3.05) is 0 Å². The molecule has 0 aliphatic rings. The molecule has 144 valence electrons. The third-order valence-corrected chi connectivity index (χ3v) is 4.99. The Bertz CT molecular complexity index is 893. The second kappa shape index (κ2) is 9.71. The van der Waals surface area contributed by atoms with E-state index in [4.69, 9.17) is 4.74 Å². The zero-order valence-electron chi connectivity index (χ0n) is 15.6. The van der Waals surface area contributed by atoms with Gasteiger partial charge in [0.05, 0.1) is 4.88 Å². The highest BCUT2D eigenvalue weighted by atomic mass is 32.1. The van der Waals surface area contributed by atoms with E-state index in [1.54, 1.807) is 19.1 Å². The first-order valence-electron chi connectivity index (χ1n) is 8.99. The van der Waals surface area contributed by atoms with Crippen LogP contribution in [0.1, 0.15) is 27.7 Å². The summed E-state index contributed by atoms with van der Waals surface area (Å²) in [6.45, 7) is 2.56. The summed E-state index contributed by atoms with van der Waals surface area (Å²) in [5, 5.41) is 7.38. The zero-order valence-corrected chi connectivity index (χ0v) is 16.4. The molecular weight excluding hydrogens is 372 g/mol. The summed E-state index contributed by atoms with van der Waals surface area (Å²) in [6.07, 6.45) is 0. The van der Waals surface area contributed by atoms with E-state index in [-0.39, 0.29) is 11.8 Å². The first-order valence-corrected chi connectivity index (χ1v) is 9.87. The van der Waals surface area contributed by atoms with Crippen LogP contribution in [0.15, 0.2) is 72.1 Å². The fourth-order valence-corrected chi connectivity index (χ4v) is 3.15. The van der Waals surface area contributed by atoms with Gasteiger partial charge in [0.1, 0.15) is 18.4 Å². The first kappa shape index (κ1) is 19.6. The lowest BCUT2D eigenvalue weighted by molar-refractivity contribution is -0.122. The Balaban J connectivity index is 1.43. The average molecular weight is 394 g/mol. The standard InChI is InChI=1S/C22H22N2O3S/c1-16(24-22(26)20-8-5-13-28-20)21(25)23-14-17-9-11-18(12-10-17)15-27-19-6-3-2-4-7-19/h2-13,16H,14-15H2,1H3,(H,23,25)(H,24,26)/t16-/m1/s1. The molecule has 1 heterocycles. The predicted octanol–water partition coefficient (Wildman–Crippen LogP) is 3.76. The Kier molecular flexibility index (Phi) is 6.81. The number of benzene rings is 2. The molecule has 2 amide bonds. The summed E-state index contributed by atoms with van der Waals surface area (Å²) in [5.41, 5.74) is 2.03. The molecule has 0 spiro atoms. The molecule has 0 bridgehead atoms. The van der Waals surface area contributed by atoms with Gasteiger partial charge in [-0.2, -0.15) is 0 Å². The SMILES string of the molecule is C[C@@H](NC(=O)c1cccs1)C(=O)NCc1ccc(COc2ccccc2)cc1. The van der Waals surface area contributed by atoms with Gasteiger partial charge in [-0.25, -0.2) is 0 Å². The summed E-state index contributed by atoms with van der Waals surface area (Å²) in [4.78, 5) is 24.8. The Labute approximate surface area is 168 Å². The Morgan fingerprint density at radius 1 is 0.964 bits per heavy atom. The smallest absolute Gasteiger partial charge is 0.261 e. The van der Waals surface area contributed by atoms with Crippen LogP contribution in [0.2, 0.25) is 0 Å². The molecule has 28 heavy (non-hydrogen) atoms. The normalized spacial score (nSPS) is 11.5. The fourth-order valence-electron chi connectivity index (χ4n) is 2.52. The van der Waals surface area contributed by atoms with E-state index >= 15 is 0 Å². The molecule has 0 saturated heterocycles. The van der Waals surface area contributed by atoms with Crippen LogP contribution in [0.5, 0.6) is 5.75 Å². The van der Waals surface area contributed by atoms with E-state index in [9.17, 15) is 9.59 Å². The van der Waals surface area contributed by atoms with Crippen LogP contribution in [0.3, 0.4) is 0 Å². The van der Waals surface area contributed by atoms with Gasteiger partial charge in [0.2, 0.25) is 5.91 Å². The van der Waals surface area contributed by atoms with Crippen molar-refractivity contribution >= 4 is 23.2 Å². The van der Waals surface area contributed by atoms with Crippen LogP contribution in [0.4, 0.5) is 0 Å². The molecule has 1 atom stereocenters. The third kappa shape index (κ3) is 5.69. The van der Waals surface area contributed by atoms with Crippen molar-refractivity contribution in [1.29, 1.82) is 0 Å². The van der Waals surface area contributed by atoms with E-state index in [2.05, 4.69) is 10.6 Å². The summed E-state index contributed by atoms with van der Waals surface area (Å²) in [5.74, 6) is 0.374. The number of thiophene rings is 1. The van der Waals surface area contributed by atoms with Gasteiger partial charge in [-0.05, 0) is 41.6 Å². The minimum absolute atomic E-state index is 0.221. The number of rotatable bonds is 8. The van der Waals surface area contributed by atoms with Gasteiger partial charge in [0.25, 0.3) is 5.91 Å². The molecule has 6 heteroatoms. The molecule has 3 aromatic rings. The average Bonchev–Trinajstić information content (AvgIpc) is 3.27. The van der Waals surface area contributed by atoms with Gasteiger partial charge >= 0.3 is 0 Å². The molecule has 0 aliphatic heterocycles. The molecule has 0 radical (unpaired) electrons. The van der Waals surface area contributed by atoms with E-state index in [1.165, 1.54) is 11.3 Å². The van der Waals surface area contributed by atoms with Gasteiger partial charge in [0, 0.05) is 6.54 Å². The van der Waals surface area contributed by atoms with Gasteiger partial charge in [-0.1, -0.05) is 48.5 Å². The minimum Gasteiger partial charge on any atom is -0.489 e. The lowest BCUT2D eigenvalue weighted by Crippen LogP contribution is -2.44. The van der Waals surface area contributed by atoms with Crippen molar-refractivity contribution < 1.29 is 14.3 Å². The predicted molar refractivity (Wildman–Crippen MR) is 110 cm³/mol. The lowest BCUT2D eigenvalue weighted by Gasteiger charge is -2.14. The number of nitrogens with one attached hydrogen (secondary N) is 2. The number of hydrogen-bond acceptors (Lipinski definition) is 4. The van der Waals surface area contributed by atoms with Crippen LogP contribution in [0, 0.1) is 0 Å². The van der Waals surface area contributed by atoms with Crippen molar-refractivity contribution in [2.45, 2.75) is 26.1 Å². The highest BCUT2D eigenvalue weighted by Crippen LogP contribution is 2.12. The van der Waals surface area contributed by atoms with Crippen molar-refractivity contribution in [3.63, 3.8) is 0 Å². The summed E-state index contributed by atoms with van der Waals surface area (Å²) < 4.78 is 5.72. The number of amides is 2. The van der Waals surface area contributed by atoms with Crippen LogP contribution in [0.25, 0.3) is 0 Å². The minimum atomic E-state index is -0.604. The Hall–Kier alpha value is -3.12. The van der Waals surface area contributed by atoms with Gasteiger partial charge in [0.15, 0.2) is 0 Å². The molecule has 0 aliphatic carbocycles. The molecule has 1 aromatic heterocycles. The second-order valence-corrected chi connectivity index (χ2v) is 7.26. The largest absolute Gasteiger partial charge is 0.489 e. The molecule has 0 saturated carbocycles. The molecule has 5 nitrogen and oxygen atoms in total. The fraction of sp³-hybridized carbons (Fsp3) is 0.182. The van der Waals surface area contributed by atoms with Crippen molar-refractivity contribution in [2.24, 2.45) is 0 Å². The van der Waals surface area contributed by atoms with Gasteiger partial charge in [-0.15, -0.1) is 11.3 Å². The molecule has 0 fully saturated rings. The van der Waals surface area contributed by atoms with E-state index < -0.39 is 6.04 Å². The highest BCUT2D eigenvalue weighted by molar-refractivity contribution is 7.12. The molecule has 2 N–H and O–H groups in total. The number of ether oxygens (including phenoxy) is 1. The molecular formula is C22H22N2O3S. The summed E-state index contributed by atoms with van der Waals surface area (Å²) in [7, 11) is 0. The maximum Gasteiger partial charge on any atom is 0.261 e. The quantitative estimate of drug-likeness (QED) is 0.611.